The smallest absolute Gasteiger partial charge is 0.186 e. The van der Waals surface area contributed by atoms with Crippen molar-refractivity contribution in [3.05, 3.63) is 0 Å². The highest BCUT2D eigenvalue weighted by Gasteiger charge is 2.50. The fourth-order valence-electron chi connectivity index (χ4n) is 4.36. The van der Waals surface area contributed by atoms with E-state index in [1.807, 2.05) is 0 Å². The molecular weight excluding hydrogens is 512 g/mol. The molecule has 1 unspecified atom stereocenters. The molecule has 4 fully saturated rings. The first-order valence-corrected chi connectivity index (χ1v) is 11.7. The monoisotopic (exact) mass is 546 g/mol. The summed E-state index contributed by atoms with van der Waals surface area (Å²) in [7, 11) is 0. The minimum atomic E-state index is -1.74. The van der Waals surface area contributed by atoms with E-state index in [2.05, 4.69) is 0 Å². The minimum Gasteiger partial charge on any atom is -0.388 e. The molecule has 4 saturated heterocycles. The number of ether oxygens (including phenoxy) is 7. The van der Waals surface area contributed by atoms with Gasteiger partial charge in [0.05, 0.1) is 26.4 Å². The van der Waals surface area contributed by atoms with E-state index in [1.54, 1.807) is 0 Å². The highest BCUT2D eigenvalue weighted by Crippen LogP contribution is 2.30. The van der Waals surface area contributed by atoms with Gasteiger partial charge in [-0.3, -0.25) is 0 Å². The molecule has 0 spiro atoms. The Morgan fingerprint density at radius 1 is 0.405 bits per heavy atom. The van der Waals surface area contributed by atoms with Crippen molar-refractivity contribution in [1.82, 2.24) is 0 Å². The third-order valence-electron chi connectivity index (χ3n) is 6.68. The van der Waals surface area contributed by atoms with Crippen molar-refractivity contribution in [3.63, 3.8) is 0 Å². The van der Waals surface area contributed by atoms with Gasteiger partial charge < -0.3 is 84.2 Å². The molecule has 0 bridgehead atoms. The highest BCUT2D eigenvalue weighted by atomic mass is 16.8. The number of rotatable bonds is 6. The second kappa shape index (κ2) is 12.2. The van der Waals surface area contributed by atoms with E-state index in [1.165, 1.54) is 0 Å². The van der Waals surface area contributed by atoms with Gasteiger partial charge in [0, 0.05) is 0 Å². The molecule has 0 aromatic carbocycles. The Balaban J connectivity index is 1.48. The van der Waals surface area contributed by atoms with Crippen LogP contribution in [0.5, 0.6) is 0 Å². The Kier molecular flexibility index (Phi) is 9.69. The zero-order valence-corrected chi connectivity index (χ0v) is 19.4. The van der Waals surface area contributed by atoms with Gasteiger partial charge in [0.25, 0.3) is 0 Å². The van der Waals surface area contributed by atoms with E-state index in [9.17, 15) is 51.1 Å². The number of aliphatic hydroxyl groups is 10. The molecule has 0 aliphatic carbocycles. The van der Waals surface area contributed by atoms with Gasteiger partial charge in [0.15, 0.2) is 25.2 Å². The minimum absolute atomic E-state index is 0.367. The molecule has 0 radical (unpaired) electrons. The Labute approximate surface area is 209 Å². The molecule has 0 aromatic heterocycles. The Morgan fingerprint density at radius 3 is 1.46 bits per heavy atom. The predicted octanol–water partition coefficient (Wildman–Crippen LogP) is -7.19. The highest BCUT2D eigenvalue weighted by molar-refractivity contribution is 4.92. The maximum absolute atomic E-state index is 11.0. The molecule has 17 heteroatoms. The van der Waals surface area contributed by atoms with Crippen LogP contribution in [0.15, 0.2) is 0 Å². The lowest BCUT2D eigenvalue weighted by Gasteiger charge is -2.46. The summed E-state index contributed by atoms with van der Waals surface area (Å²) in [5, 5.41) is 100. The molecule has 37 heavy (non-hydrogen) atoms. The summed E-state index contributed by atoms with van der Waals surface area (Å²) in [6.07, 6.45) is -24.7. The van der Waals surface area contributed by atoms with Crippen LogP contribution in [0.2, 0.25) is 0 Å². The van der Waals surface area contributed by atoms with Crippen LogP contribution in [0.4, 0.5) is 0 Å². The lowest BCUT2D eigenvalue weighted by Crippen LogP contribution is -2.64. The molecule has 216 valence electrons. The Bertz CT molecular complexity index is 731. The van der Waals surface area contributed by atoms with Crippen molar-refractivity contribution < 1.29 is 84.2 Å². The predicted molar refractivity (Wildman–Crippen MR) is 110 cm³/mol. The van der Waals surface area contributed by atoms with Gasteiger partial charge in [0.1, 0.15) is 73.2 Å². The van der Waals surface area contributed by atoms with Gasteiger partial charge in [-0.05, 0) is 0 Å². The quantitative estimate of drug-likeness (QED) is 0.148. The summed E-state index contributed by atoms with van der Waals surface area (Å²) in [5.74, 6) is 0. The third-order valence-corrected chi connectivity index (χ3v) is 6.68. The van der Waals surface area contributed by atoms with E-state index in [-0.39, 0.29) is 13.2 Å². The molecule has 4 aliphatic heterocycles. The zero-order chi connectivity index (χ0) is 27.0. The Morgan fingerprint density at radius 2 is 0.865 bits per heavy atom. The van der Waals surface area contributed by atoms with Gasteiger partial charge >= 0.3 is 0 Å². The standard InChI is InChI=1S/C20H34O17/c21-5-1-32-18(13(27)9(5)23)36-8-4-34-20(35-7-3-31-17(30)12(26)11(7)25)15(29)16(8)37-19-14(28)10(24)6(22)2-33-19/h5-30H,1-4H2/t5-,6-,7-,8-,9+,10-,11+,12-,13-,14+,15-,16+,17?,18+,19-,20+/m1/s1. The van der Waals surface area contributed by atoms with Crippen molar-refractivity contribution >= 4 is 0 Å². The van der Waals surface area contributed by atoms with E-state index in [4.69, 9.17) is 33.2 Å². The molecular formula is C20H34O17. The summed E-state index contributed by atoms with van der Waals surface area (Å²) in [4.78, 5) is 0. The van der Waals surface area contributed by atoms with Crippen molar-refractivity contribution in [1.29, 1.82) is 0 Å². The largest absolute Gasteiger partial charge is 0.388 e. The van der Waals surface area contributed by atoms with Crippen molar-refractivity contribution in [2.24, 2.45) is 0 Å². The maximum atomic E-state index is 11.0. The first kappa shape index (κ1) is 29.3. The van der Waals surface area contributed by atoms with Gasteiger partial charge in [-0.1, -0.05) is 0 Å². The number of hydrogen-bond acceptors (Lipinski definition) is 17. The average Bonchev–Trinajstić information content (AvgIpc) is 2.87. The molecule has 0 aromatic rings. The van der Waals surface area contributed by atoms with Crippen molar-refractivity contribution in [3.8, 4) is 0 Å². The SMILES string of the molecule is OC1OC[C@@H](O[C@@H]2OC[C@@H](O[C@@H]3OC[C@@H](O)[C@H](O)[C@H]3O)[C@H](O[C@H]3OC[C@@H](O)[C@@H](O)[C@@H]3O)[C@H]2O)[C@H](O)[C@H]1O. The summed E-state index contributed by atoms with van der Waals surface area (Å²) in [6.45, 7) is -1.55. The zero-order valence-electron chi connectivity index (χ0n) is 19.4. The van der Waals surface area contributed by atoms with Crippen molar-refractivity contribution in [2.75, 3.05) is 26.4 Å². The van der Waals surface area contributed by atoms with Gasteiger partial charge in [-0.25, -0.2) is 0 Å². The van der Waals surface area contributed by atoms with Gasteiger partial charge in [-0.2, -0.15) is 0 Å². The van der Waals surface area contributed by atoms with Crippen LogP contribution < -0.4 is 0 Å². The molecule has 10 N–H and O–H groups in total. The van der Waals surface area contributed by atoms with Crippen molar-refractivity contribution in [2.45, 2.75) is 98.4 Å². The summed E-state index contributed by atoms with van der Waals surface area (Å²) in [5.41, 5.74) is 0. The second-order valence-corrected chi connectivity index (χ2v) is 9.35. The average molecular weight is 546 g/mol. The maximum Gasteiger partial charge on any atom is 0.186 e. The summed E-state index contributed by atoms with van der Waals surface area (Å²) in [6, 6.07) is 0. The number of hydrogen-bond donors (Lipinski definition) is 10. The van der Waals surface area contributed by atoms with Crippen LogP contribution >= 0.6 is 0 Å². The van der Waals surface area contributed by atoms with E-state index < -0.39 is 112 Å². The van der Waals surface area contributed by atoms with E-state index in [0.717, 1.165) is 0 Å². The first-order valence-electron chi connectivity index (χ1n) is 11.7. The van der Waals surface area contributed by atoms with E-state index >= 15 is 0 Å². The fraction of sp³-hybridized carbons (Fsp3) is 1.00. The van der Waals surface area contributed by atoms with Crippen LogP contribution in [0.1, 0.15) is 0 Å². The molecule has 4 heterocycles. The van der Waals surface area contributed by atoms with Gasteiger partial charge in [0.2, 0.25) is 0 Å². The molecule has 4 aliphatic rings. The molecule has 0 saturated carbocycles. The normalized spacial score (nSPS) is 53.7. The number of aliphatic hydroxyl groups excluding tert-OH is 10. The lowest BCUT2D eigenvalue weighted by molar-refractivity contribution is -0.371. The lowest BCUT2D eigenvalue weighted by atomic mass is 10.0. The first-order chi connectivity index (χ1) is 17.5. The van der Waals surface area contributed by atoms with Gasteiger partial charge in [-0.15, -0.1) is 0 Å². The topological polar surface area (TPSA) is 267 Å². The molecule has 17 nitrogen and oxygen atoms in total. The van der Waals surface area contributed by atoms with Crippen LogP contribution in [-0.4, -0.2) is 176 Å². The molecule has 0 amide bonds. The summed E-state index contributed by atoms with van der Waals surface area (Å²) < 4.78 is 37.8. The van der Waals surface area contributed by atoms with Crippen LogP contribution in [0, 0.1) is 0 Å². The van der Waals surface area contributed by atoms with E-state index in [0.29, 0.717) is 0 Å². The third kappa shape index (κ3) is 6.23. The molecule has 4 rings (SSSR count). The van der Waals surface area contributed by atoms with Crippen LogP contribution in [0.3, 0.4) is 0 Å². The Hall–Kier alpha value is -0.680. The van der Waals surface area contributed by atoms with Crippen LogP contribution in [-0.2, 0) is 33.2 Å². The van der Waals surface area contributed by atoms with Crippen LogP contribution in [0.25, 0.3) is 0 Å². The fourth-order valence-corrected chi connectivity index (χ4v) is 4.36. The second-order valence-electron chi connectivity index (χ2n) is 9.35. The molecule has 16 atom stereocenters. The summed E-state index contributed by atoms with van der Waals surface area (Å²) >= 11 is 0.